The molecule has 0 heterocycles. The van der Waals surface area contributed by atoms with Gasteiger partial charge < -0.3 is 10.5 Å². The van der Waals surface area contributed by atoms with E-state index in [2.05, 4.69) is 20.8 Å². The van der Waals surface area contributed by atoms with Crippen molar-refractivity contribution in [2.24, 2.45) is 0 Å². The average Bonchev–Trinajstić information content (AvgIpc) is 2.18. The maximum atomic E-state index is 5.84. The molecule has 1 aromatic carbocycles. The van der Waals surface area contributed by atoms with Gasteiger partial charge in [0.15, 0.2) is 0 Å². The van der Waals surface area contributed by atoms with Gasteiger partial charge >= 0.3 is 0 Å². The first-order valence-electron chi connectivity index (χ1n) is 5.93. The van der Waals surface area contributed by atoms with E-state index in [4.69, 9.17) is 10.5 Å². The van der Waals surface area contributed by atoms with Gasteiger partial charge in [-0.05, 0) is 37.1 Å². The second-order valence-electron chi connectivity index (χ2n) is 5.28. The molecule has 0 saturated carbocycles. The molecule has 0 aliphatic rings. The Hall–Kier alpha value is -0.830. The van der Waals surface area contributed by atoms with Crippen LogP contribution < -0.4 is 10.5 Å². The Bertz CT molecular complexity index is 383. The topological polar surface area (TPSA) is 35.2 Å². The normalized spacial score (nSPS) is 11.6. The van der Waals surface area contributed by atoms with Crippen LogP contribution in [0.3, 0.4) is 0 Å². The number of aryl methyl sites for hydroxylation is 2. The zero-order chi connectivity index (χ0) is 13.1. The number of hydrogen-bond acceptors (Lipinski definition) is 3. The molecular formula is C14H23NOS. The van der Waals surface area contributed by atoms with E-state index in [-0.39, 0.29) is 0 Å². The van der Waals surface area contributed by atoms with Crippen LogP contribution in [0.15, 0.2) is 12.1 Å². The van der Waals surface area contributed by atoms with Crippen LogP contribution in [0.5, 0.6) is 5.75 Å². The first-order valence-corrected chi connectivity index (χ1v) is 6.91. The van der Waals surface area contributed by atoms with Crippen LogP contribution >= 0.6 is 11.8 Å². The Labute approximate surface area is 109 Å². The van der Waals surface area contributed by atoms with Gasteiger partial charge in [0.05, 0.1) is 6.61 Å². The predicted molar refractivity (Wildman–Crippen MR) is 78.0 cm³/mol. The second kappa shape index (κ2) is 5.67. The molecule has 0 saturated heterocycles. The highest BCUT2D eigenvalue weighted by atomic mass is 32.2. The average molecular weight is 253 g/mol. The summed E-state index contributed by atoms with van der Waals surface area (Å²) in [5.41, 5.74) is 8.86. The summed E-state index contributed by atoms with van der Waals surface area (Å²) < 4.78 is 6.09. The Kier molecular flexibility index (Phi) is 4.75. The predicted octanol–water partition coefficient (Wildman–Crippen LogP) is 3.80. The van der Waals surface area contributed by atoms with Gasteiger partial charge in [-0.25, -0.2) is 0 Å². The fourth-order valence-corrected chi connectivity index (χ4v) is 2.25. The Morgan fingerprint density at radius 3 is 2.41 bits per heavy atom. The van der Waals surface area contributed by atoms with Gasteiger partial charge in [0.25, 0.3) is 0 Å². The molecule has 1 aromatic rings. The third-order valence-electron chi connectivity index (χ3n) is 2.44. The van der Waals surface area contributed by atoms with Gasteiger partial charge in [0, 0.05) is 16.2 Å². The molecule has 17 heavy (non-hydrogen) atoms. The van der Waals surface area contributed by atoms with Crippen LogP contribution in [0.4, 0.5) is 5.69 Å². The quantitative estimate of drug-likeness (QED) is 0.655. The number of benzene rings is 1. The highest BCUT2D eigenvalue weighted by Gasteiger charge is 2.10. The van der Waals surface area contributed by atoms with Gasteiger partial charge in [0.1, 0.15) is 5.75 Å². The molecule has 0 bridgehead atoms. The Morgan fingerprint density at radius 2 is 1.82 bits per heavy atom. The van der Waals surface area contributed by atoms with Crippen LogP contribution in [0, 0.1) is 13.8 Å². The van der Waals surface area contributed by atoms with Crippen molar-refractivity contribution in [2.75, 3.05) is 18.1 Å². The first-order chi connectivity index (χ1) is 7.79. The number of nitrogen functional groups attached to an aromatic ring is 1. The van der Waals surface area contributed by atoms with Crippen LogP contribution in [-0.4, -0.2) is 17.1 Å². The molecule has 2 N–H and O–H groups in total. The number of anilines is 1. The molecule has 0 amide bonds. The molecule has 0 atom stereocenters. The summed E-state index contributed by atoms with van der Waals surface area (Å²) in [6, 6.07) is 3.99. The third-order valence-corrected chi connectivity index (χ3v) is 3.68. The van der Waals surface area contributed by atoms with Crippen molar-refractivity contribution in [3.8, 4) is 5.75 Å². The molecule has 3 heteroatoms. The van der Waals surface area contributed by atoms with Crippen molar-refractivity contribution in [3.63, 3.8) is 0 Å². The number of nitrogens with two attached hydrogens (primary N) is 1. The number of rotatable bonds is 4. The van der Waals surface area contributed by atoms with E-state index >= 15 is 0 Å². The number of hydrogen-bond donors (Lipinski definition) is 1. The van der Waals surface area contributed by atoms with E-state index in [1.165, 1.54) is 0 Å². The van der Waals surface area contributed by atoms with E-state index in [1.807, 2.05) is 37.7 Å². The molecule has 0 aromatic heterocycles. The van der Waals surface area contributed by atoms with E-state index in [1.54, 1.807) is 0 Å². The molecule has 0 radical (unpaired) electrons. The minimum Gasteiger partial charge on any atom is -0.492 e. The van der Waals surface area contributed by atoms with Crippen molar-refractivity contribution in [1.29, 1.82) is 0 Å². The lowest BCUT2D eigenvalue weighted by molar-refractivity contribution is 0.341. The van der Waals surface area contributed by atoms with E-state index < -0.39 is 0 Å². The molecule has 96 valence electrons. The largest absolute Gasteiger partial charge is 0.492 e. The number of ether oxygens (including phenoxy) is 1. The smallest absolute Gasteiger partial charge is 0.122 e. The molecular weight excluding hydrogens is 230 g/mol. The van der Waals surface area contributed by atoms with E-state index in [9.17, 15) is 0 Å². The summed E-state index contributed by atoms with van der Waals surface area (Å²) in [7, 11) is 0. The van der Waals surface area contributed by atoms with Crippen molar-refractivity contribution in [1.82, 2.24) is 0 Å². The molecule has 0 fully saturated rings. The van der Waals surface area contributed by atoms with Crippen molar-refractivity contribution < 1.29 is 4.74 Å². The Balaban J connectivity index is 2.50. The van der Waals surface area contributed by atoms with Gasteiger partial charge in [0.2, 0.25) is 0 Å². The highest BCUT2D eigenvalue weighted by Crippen LogP contribution is 2.26. The zero-order valence-corrected chi connectivity index (χ0v) is 12.3. The van der Waals surface area contributed by atoms with Crippen LogP contribution in [-0.2, 0) is 0 Å². The fraction of sp³-hybridized carbons (Fsp3) is 0.571. The Morgan fingerprint density at radius 1 is 1.18 bits per heavy atom. The minimum absolute atomic E-state index is 0.301. The monoisotopic (exact) mass is 253 g/mol. The molecule has 1 rings (SSSR count). The van der Waals surface area contributed by atoms with Gasteiger partial charge in [-0.2, -0.15) is 11.8 Å². The molecule has 0 aliphatic heterocycles. The lowest BCUT2D eigenvalue weighted by atomic mass is 10.1. The fourth-order valence-electron chi connectivity index (χ4n) is 1.47. The summed E-state index contributed by atoms with van der Waals surface area (Å²) in [4.78, 5) is 0. The summed E-state index contributed by atoms with van der Waals surface area (Å²) in [6.45, 7) is 11.4. The van der Waals surface area contributed by atoms with Crippen LogP contribution in [0.2, 0.25) is 0 Å². The summed E-state index contributed by atoms with van der Waals surface area (Å²) in [6.07, 6.45) is 0. The van der Waals surface area contributed by atoms with Crippen LogP contribution in [0.1, 0.15) is 31.9 Å². The first kappa shape index (κ1) is 14.2. The molecule has 0 unspecified atom stereocenters. The van der Waals surface area contributed by atoms with Crippen molar-refractivity contribution in [3.05, 3.63) is 23.3 Å². The summed E-state index contributed by atoms with van der Waals surface area (Å²) in [5.74, 6) is 1.96. The van der Waals surface area contributed by atoms with Crippen molar-refractivity contribution in [2.45, 2.75) is 39.4 Å². The molecule has 0 aliphatic carbocycles. The molecule has 2 nitrogen and oxygen atoms in total. The van der Waals surface area contributed by atoms with Gasteiger partial charge in [-0.3, -0.25) is 0 Å². The third kappa shape index (κ3) is 4.90. The van der Waals surface area contributed by atoms with Gasteiger partial charge in [-0.15, -0.1) is 0 Å². The highest BCUT2D eigenvalue weighted by molar-refractivity contribution is 8.00. The second-order valence-corrected chi connectivity index (χ2v) is 7.21. The van der Waals surface area contributed by atoms with E-state index in [0.717, 1.165) is 34.9 Å². The lowest BCUT2D eigenvalue weighted by Gasteiger charge is -2.18. The maximum Gasteiger partial charge on any atom is 0.122 e. The zero-order valence-electron chi connectivity index (χ0n) is 11.5. The van der Waals surface area contributed by atoms with E-state index in [0.29, 0.717) is 4.75 Å². The minimum atomic E-state index is 0.301. The summed E-state index contributed by atoms with van der Waals surface area (Å²) in [5, 5.41) is 0. The standard InChI is InChI=1S/C14H23NOS/c1-10-9-13(11(2)8-12(10)15)16-6-7-17-14(3,4)5/h8-9H,6-7,15H2,1-5H3. The maximum absolute atomic E-state index is 5.84. The number of thioether (sulfide) groups is 1. The molecule has 0 spiro atoms. The van der Waals surface area contributed by atoms with Gasteiger partial charge in [-0.1, -0.05) is 20.8 Å². The van der Waals surface area contributed by atoms with Crippen molar-refractivity contribution >= 4 is 17.4 Å². The summed E-state index contributed by atoms with van der Waals surface area (Å²) >= 11 is 1.92. The SMILES string of the molecule is Cc1cc(OCCSC(C)(C)C)c(C)cc1N. The lowest BCUT2D eigenvalue weighted by Crippen LogP contribution is -2.12. The van der Waals surface area contributed by atoms with Crippen LogP contribution in [0.25, 0.3) is 0 Å².